The second-order valence-electron chi connectivity index (χ2n) is 6.38. The van der Waals surface area contributed by atoms with E-state index in [0.29, 0.717) is 5.75 Å². The Morgan fingerprint density at radius 3 is 2.70 bits per heavy atom. The first-order valence-electron chi connectivity index (χ1n) is 7.86. The van der Waals surface area contributed by atoms with Crippen LogP contribution in [0.4, 0.5) is 4.79 Å². The molecule has 6 heteroatoms. The van der Waals surface area contributed by atoms with Crippen LogP contribution in [0.1, 0.15) is 46.5 Å². The highest BCUT2D eigenvalue weighted by Crippen LogP contribution is 2.19. The molecule has 0 spiro atoms. The van der Waals surface area contributed by atoms with Crippen molar-refractivity contribution in [2.24, 2.45) is 0 Å². The second kappa shape index (κ2) is 9.65. The number of hydrogen-bond donors (Lipinski definition) is 1. The number of rotatable bonds is 6. The van der Waals surface area contributed by atoms with E-state index in [0.717, 1.165) is 12.8 Å². The van der Waals surface area contributed by atoms with Crippen molar-refractivity contribution >= 4 is 23.8 Å². The first kappa shape index (κ1) is 19.6. The van der Waals surface area contributed by atoms with Crippen molar-refractivity contribution in [1.29, 1.82) is 0 Å². The number of ether oxygens (including phenoxy) is 2. The third-order valence-electron chi connectivity index (χ3n) is 3.14. The van der Waals surface area contributed by atoms with Crippen molar-refractivity contribution in [1.82, 2.24) is 5.32 Å². The number of carbonyl (C=O) groups is 2. The van der Waals surface area contributed by atoms with Crippen LogP contribution in [0.2, 0.25) is 0 Å². The molecule has 130 valence electrons. The zero-order valence-corrected chi connectivity index (χ0v) is 15.2. The Balaban J connectivity index is 2.48. The Labute approximate surface area is 142 Å². The highest BCUT2D eigenvalue weighted by atomic mass is 32.2. The number of nitrogens with one attached hydrogen (secondary N) is 1. The van der Waals surface area contributed by atoms with E-state index in [2.05, 4.69) is 17.5 Å². The largest absolute Gasteiger partial charge is 0.467 e. The minimum atomic E-state index is -0.732. The summed E-state index contributed by atoms with van der Waals surface area (Å²) < 4.78 is 9.90. The summed E-state index contributed by atoms with van der Waals surface area (Å²) in [6.07, 6.45) is 8.43. The molecule has 0 radical (unpaired) electrons. The lowest BCUT2D eigenvalue weighted by Gasteiger charge is -2.22. The third-order valence-corrected chi connectivity index (χ3v) is 4.00. The van der Waals surface area contributed by atoms with E-state index >= 15 is 0 Å². The SMILES string of the molecule is COC(=O)[C@H](CS/C=C/C1=CCCCC1)NC(=O)OC(C)(C)C. The van der Waals surface area contributed by atoms with Gasteiger partial charge in [-0.1, -0.05) is 17.7 Å². The normalized spacial score (nSPS) is 16.6. The van der Waals surface area contributed by atoms with E-state index < -0.39 is 23.7 Å². The van der Waals surface area contributed by atoms with Gasteiger partial charge in [0, 0.05) is 5.75 Å². The lowest BCUT2D eigenvalue weighted by atomic mass is 10.0. The molecule has 5 nitrogen and oxygen atoms in total. The van der Waals surface area contributed by atoms with E-state index in [9.17, 15) is 9.59 Å². The molecule has 1 amide bonds. The lowest BCUT2D eigenvalue weighted by Crippen LogP contribution is -2.45. The molecule has 1 aliphatic rings. The van der Waals surface area contributed by atoms with E-state index in [-0.39, 0.29) is 0 Å². The van der Waals surface area contributed by atoms with Crippen LogP contribution in [0, 0.1) is 0 Å². The Bertz CT molecular complexity index is 466. The van der Waals surface area contributed by atoms with Crippen molar-refractivity contribution in [2.75, 3.05) is 12.9 Å². The van der Waals surface area contributed by atoms with Crippen LogP contribution >= 0.6 is 11.8 Å². The van der Waals surface area contributed by atoms with Crippen LogP contribution < -0.4 is 5.32 Å². The number of hydrogen-bond acceptors (Lipinski definition) is 5. The first-order valence-corrected chi connectivity index (χ1v) is 8.91. The monoisotopic (exact) mass is 341 g/mol. The molecule has 0 bridgehead atoms. The van der Waals surface area contributed by atoms with Crippen LogP contribution in [0.15, 0.2) is 23.1 Å². The van der Waals surface area contributed by atoms with Crippen molar-refractivity contribution in [3.63, 3.8) is 0 Å². The van der Waals surface area contributed by atoms with Gasteiger partial charge in [0.25, 0.3) is 0 Å². The van der Waals surface area contributed by atoms with Gasteiger partial charge in [-0.3, -0.25) is 0 Å². The fourth-order valence-electron chi connectivity index (χ4n) is 2.06. The van der Waals surface area contributed by atoms with Gasteiger partial charge in [0.2, 0.25) is 0 Å². The maximum Gasteiger partial charge on any atom is 0.408 e. The smallest absolute Gasteiger partial charge is 0.408 e. The summed E-state index contributed by atoms with van der Waals surface area (Å²) in [6.45, 7) is 5.32. The van der Waals surface area contributed by atoms with E-state index in [4.69, 9.17) is 9.47 Å². The zero-order chi connectivity index (χ0) is 17.3. The first-order chi connectivity index (χ1) is 10.8. The molecule has 0 saturated heterocycles. The van der Waals surface area contributed by atoms with Crippen molar-refractivity contribution in [3.8, 4) is 0 Å². The Morgan fingerprint density at radius 2 is 2.13 bits per heavy atom. The molecule has 1 atom stereocenters. The van der Waals surface area contributed by atoms with E-state index in [1.165, 1.54) is 37.3 Å². The van der Waals surface area contributed by atoms with Gasteiger partial charge in [0.1, 0.15) is 11.6 Å². The molecule has 0 heterocycles. The van der Waals surface area contributed by atoms with Crippen molar-refractivity contribution in [3.05, 3.63) is 23.1 Å². The molecule has 0 unspecified atom stereocenters. The summed E-state index contributed by atoms with van der Waals surface area (Å²) in [7, 11) is 1.31. The summed E-state index contributed by atoms with van der Waals surface area (Å²) in [4.78, 5) is 23.6. The second-order valence-corrected chi connectivity index (χ2v) is 7.32. The summed E-state index contributed by atoms with van der Waals surface area (Å²) in [5.41, 5.74) is 0.726. The summed E-state index contributed by atoms with van der Waals surface area (Å²) in [6, 6.07) is -0.732. The standard InChI is InChI=1S/C17H27NO4S/c1-17(2,3)22-16(20)18-14(15(19)21-4)12-23-11-10-13-8-6-5-7-9-13/h8,10-11,14H,5-7,9,12H2,1-4H3,(H,18,20)/b11-10+/t14-/m0/s1. The number of allylic oxidation sites excluding steroid dienone is 3. The van der Waals surface area contributed by atoms with Gasteiger partial charge in [0.15, 0.2) is 0 Å². The topological polar surface area (TPSA) is 64.6 Å². The minimum absolute atomic E-state index is 0.399. The predicted molar refractivity (Wildman–Crippen MR) is 93.3 cm³/mol. The van der Waals surface area contributed by atoms with Crippen molar-refractivity contribution < 1.29 is 19.1 Å². The maximum atomic E-state index is 11.8. The van der Waals surface area contributed by atoms with Gasteiger partial charge in [-0.2, -0.15) is 0 Å². The predicted octanol–water partition coefficient (Wildman–Crippen LogP) is 3.80. The van der Waals surface area contributed by atoms with E-state index in [1.54, 1.807) is 20.8 Å². The molecule has 0 fully saturated rings. The van der Waals surface area contributed by atoms with Crippen LogP contribution in [0.25, 0.3) is 0 Å². The molecule has 0 saturated carbocycles. The fraction of sp³-hybridized carbons (Fsp3) is 0.647. The molecule has 0 aromatic carbocycles. The molecule has 0 aromatic heterocycles. The van der Waals surface area contributed by atoms with Crippen LogP contribution in [0.5, 0.6) is 0 Å². The average molecular weight is 341 g/mol. The highest BCUT2D eigenvalue weighted by molar-refractivity contribution is 8.02. The lowest BCUT2D eigenvalue weighted by molar-refractivity contribution is -0.142. The van der Waals surface area contributed by atoms with Crippen LogP contribution in [-0.2, 0) is 14.3 Å². The summed E-state index contributed by atoms with van der Waals surface area (Å²) in [5, 5.41) is 4.52. The number of thioether (sulfide) groups is 1. The van der Waals surface area contributed by atoms with Gasteiger partial charge >= 0.3 is 12.1 Å². The quantitative estimate of drug-likeness (QED) is 0.745. The number of amides is 1. The Morgan fingerprint density at radius 1 is 1.39 bits per heavy atom. The molecule has 1 rings (SSSR count). The third kappa shape index (κ3) is 8.69. The van der Waals surface area contributed by atoms with Crippen LogP contribution in [0.3, 0.4) is 0 Å². The van der Waals surface area contributed by atoms with Gasteiger partial charge in [0.05, 0.1) is 7.11 Å². The Kier molecular flexibility index (Phi) is 8.23. The number of carbonyl (C=O) groups excluding carboxylic acids is 2. The molecular formula is C17H27NO4S. The van der Waals surface area contributed by atoms with Gasteiger partial charge in [-0.05, 0) is 51.9 Å². The Hall–Kier alpha value is -1.43. The van der Waals surface area contributed by atoms with Crippen LogP contribution in [-0.4, -0.2) is 36.6 Å². The molecule has 1 N–H and O–H groups in total. The highest BCUT2D eigenvalue weighted by Gasteiger charge is 2.24. The number of methoxy groups -OCH3 is 1. The molecule has 0 aliphatic heterocycles. The average Bonchev–Trinajstić information content (AvgIpc) is 2.48. The minimum Gasteiger partial charge on any atom is -0.467 e. The summed E-state index contributed by atoms with van der Waals surface area (Å²) in [5.74, 6) is -0.0796. The van der Waals surface area contributed by atoms with Gasteiger partial charge < -0.3 is 14.8 Å². The van der Waals surface area contributed by atoms with Crippen molar-refractivity contribution in [2.45, 2.75) is 58.1 Å². The fourth-order valence-corrected chi connectivity index (χ4v) is 2.86. The molecule has 23 heavy (non-hydrogen) atoms. The molecular weight excluding hydrogens is 314 g/mol. The molecule has 0 aromatic rings. The summed E-state index contributed by atoms with van der Waals surface area (Å²) >= 11 is 1.47. The number of alkyl carbamates (subject to hydrolysis) is 1. The zero-order valence-electron chi connectivity index (χ0n) is 14.4. The van der Waals surface area contributed by atoms with Gasteiger partial charge in [-0.25, -0.2) is 9.59 Å². The molecule has 1 aliphatic carbocycles. The van der Waals surface area contributed by atoms with E-state index in [1.807, 2.05) is 5.41 Å². The number of esters is 1. The van der Waals surface area contributed by atoms with Gasteiger partial charge in [-0.15, -0.1) is 11.8 Å². The maximum absolute atomic E-state index is 11.8.